The van der Waals surface area contributed by atoms with E-state index in [0.717, 1.165) is 29.7 Å². The first-order valence-corrected chi connectivity index (χ1v) is 8.23. The van der Waals surface area contributed by atoms with Crippen molar-refractivity contribution in [2.75, 3.05) is 18.4 Å². The minimum Gasteiger partial charge on any atom is -0.337 e. The molecule has 0 radical (unpaired) electrons. The third-order valence-electron chi connectivity index (χ3n) is 5.17. The minimum absolute atomic E-state index is 0.00380. The number of carbonyl (C=O) groups excluding carboxylic acids is 2. The van der Waals surface area contributed by atoms with Gasteiger partial charge < -0.3 is 10.2 Å². The second-order valence-electron chi connectivity index (χ2n) is 6.60. The van der Waals surface area contributed by atoms with E-state index in [1.54, 1.807) is 17.3 Å². The smallest absolute Gasteiger partial charge is 0.255 e. The fraction of sp³-hybridized carbons (Fsp3) is 0.316. The summed E-state index contributed by atoms with van der Waals surface area (Å²) in [5.74, 6) is -0.0408. The summed E-state index contributed by atoms with van der Waals surface area (Å²) in [5, 5.41) is 2.98. The fourth-order valence-electron chi connectivity index (χ4n) is 3.87. The number of likely N-dealkylation sites (tertiary alicyclic amines) is 1. The number of hydrogen-bond donors (Lipinski definition) is 1. The lowest BCUT2D eigenvalue weighted by Crippen LogP contribution is -2.52. The molecule has 3 heterocycles. The van der Waals surface area contributed by atoms with Gasteiger partial charge in [-0.2, -0.15) is 0 Å². The van der Waals surface area contributed by atoms with Gasteiger partial charge in [0, 0.05) is 31.2 Å². The van der Waals surface area contributed by atoms with Crippen LogP contribution in [0.2, 0.25) is 0 Å². The van der Waals surface area contributed by atoms with Gasteiger partial charge in [-0.15, -0.1) is 0 Å². The number of fused-ring (bicyclic) bond motifs is 2. The van der Waals surface area contributed by atoms with Gasteiger partial charge in [-0.25, -0.2) is 0 Å². The number of aryl methyl sites for hydroxylation is 1. The highest BCUT2D eigenvalue weighted by Gasteiger charge is 2.49. The van der Waals surface area contributed by atoms with E-state index < -0.39 is 5.41 Å². The van der Waals surface area contributed by atoms with Crippen molar-refractivity contribution < 1.29 is 9.59 Å². The monoisotopic (exact) mass is 321 g/mol. The Labute approximate surface area is 140 Å². The Kier molecular flexibility index (Phi) is 3.37. The first-order valence-electron chi connectivity index (χ1n) is 8.23. The largest absolute Gasteiger partial charge is 0.337 e. The number of piperidine rings is 1. The lowest BCUT2D eigenvalue weighted by atomic mass is 9.75. The molecule has 1 atom stereocenters. The molecular formula is C19H19N3O2. The maximum absolute atomic E-state index is 12.9. The fourth-order valence-corrected chi connectivity index (χ4v) is 3.87. The Balaban J connectivity index is 1.69. The van der Waals surface area contributed by atoms with Crippen molar-refractivity contribution in [2.24, 2.45) is 0 Å². The molecule has 0 saturated carbocycles. The number of amides is 2. The Morgan fingerprint density at radius 2 is 2.12 bits per heavy atom. The zero-order valence-corrected chi connectivity index (χ0v) is 13.6. The summed E-state index contributed by atoms with van der Waals surface area (Å²) in [6.07, 6.45) is 4.88. The Morgan fingerprint density at radius 1 is 1.29 bits per heavy atom. The van der Waals surface area contributed by atoms with Crippen molar-refractivity contribution >= 4 is 17.5 Å². The highest BCUT2D eigenvalue weighted by atomic mass is 16.2. The van der Waals surface area contributed by atoms with Crippen LogP contribution in [-0.4, -0.2) is 34.8 Å². The molecular weight excluding hydrogens is 302 g/mol. The molecule has 4 rings (SSSR count). The van der Waals surface area contributed by atoms with Crippen molar-refractivity contribution in [3.63, 3.8) is 0 Å². The molecule has 1 aromatic carbocycles. The number of rotatable bonds is 1. The Hall–Kier alpha value is -2.69. The molecule has 2 aliphatic rings. The van der Waals surface area contributed by atoms with E-state index in [2.05, 4.69) is 10.3 Å². The molecule has 2 aromatic rings. The van der Waals surface area contributed by atoms with Crippen molar-refractivity contribution in [1.29, 1.82) is 0 Å². The number of aromatic nitrogens is 1. The van der Waals surface area contributed by atoms with Gasteiger partial charge in [-0.05, 0) is 43.0 Å². The van der Waals surface area contributed by atoms with Gasteiger partial charge in [0.1, 0.15) is 0 Å². The van der Waals surface area contributed by atoms with Crippen LogP contribution in [0, 0.1) is 6.92 Å². The van der Waals surface area contributed by atoms with Crippen LogP contribution in [0.5, 0.6) is 0 Å². The quantitative estimate of drug-likeness (QED) is 0.878. The van der Waals surface area contributed by atoms with Crippen molar-refractivity contribution in [1.82, 2.24) is 9.88 Å². The summed E-state index contributed by atoms with van der Waals surface area (Å²) in [6, 6.07) is 9.63. The standard InChI is InChI=1S/C19H19N3O2/c1-13-7-9-20-11-14(13)17(23)22-10-4-8-19(12-22)15-5-2-3-6-16(15)21-18(19)24/h2-3,5-7,9,11H,4,8,10,12H2,1H3,(H,21,24). The molecule has 1 fully saturated rings. The summed E-state index contributed by atoms with van der Waals surface area (Å²) < 4.78 is 0. The Morgan fingerprint density at radius 3 is 2.96 bits per heavy atom. The molecule has 1 spiro atoms. The van der Waals surface area contributed by atoms with Crippen LogP contribution in [0.4, 0.5) is 5.69 Å². The van der Waals surface area contributed by atoms with E-state index in [1.807, 2.05) is 37.3 Å². The predicted octanol–water partition coefficient (Wildman–Crippen LogP) is 2.52. The summed E-state index contributed by atoms with van der Waals surface area (Å²) >= 11 is 0. The van der Waals surface area contributed by atoms with Crippen LogP contribution in [0.25, 0.3) is 0 Å². The van der Waals surface area contributed by atoms with E-state index in [9.17, 15) is 9.59 Å². The van der Waals surface area contributed by atoms with Gasteiger partial charge >= 0.3 is 0 Å². The number of nitrogens with one attached hydrogen (secondary N) is 1. The normalized spacial score (nSPS) is 22.4. The third-order valence-corrected chi connectivity index (χ3v) is 5.17. The molecule has 2 amide bonds. The van der Waals surface area contributed by atoms with Crippen molar-refractivity contribution in [3.05, 3.63) is 59.4 Å². The number of pyridine rings is 1. The van der Waals surface area contributed by atoms with Gasteiger partial charge in [0.25, 0.3) is 5.91 Å². The van der Waals surface area contributed by atoms with Crippen LogP contribution >= 0.6 is 0 Å². The minimum atomic E-state index is -0.624. The van der Waals surface area contributed by atoms with Gasteiger partial charge in [0.05, 0.1) is 11.0 Å². The highest BCUT2D eigenvalue weighted by molar-refractivity contribution is 6.07. The third kappa shape index (κ3) is 2.12. The van der Waals surface area contributed by atoms with Gasteiger partial charge in [0.2, 0.25) is 5.91 Å². The Bertz CT molecular complexity index is 833. The number of anilines is 1. The summed E-state index contributed by atoms with van der Waals surface area (Å²) in [7, 11) is 0. The second-order valence-corrected chi connectivity index (χ2v) is 6.60. The average Bonchev–Trinajstić information content (AvgIpc) is 2.87. The number of hydrogen-bond acceptors (Lipinski definition) is 3. The first kappa shape index (κ1) is 14.9. The number of benzene rings is 1. The van der Waals surface area contributed by atoms with Crippen LogP contribution in [0.1, 0.15) is 34.3 Å². The zero-order valence-electron chi connectivity index (χ0n) is 13.6. The average molecular weight is 321 g/mol. The van der Waals surface area contributed by atoms with Gasteiger partial charge in [0.15, 0.2) is 0 Å². The van der Waals surface area contributed by atoms with Crippen molar-refractivity contribution in [2.45, 2.75) is 25.2 Å². The highest BCUT2D eigenvalue weighted by Crippen LogP contribution is 2.43. The lowest BCUT2D eigenvalue weighted by molar-refractivity contribution is -0.122. The van der Waals surface area contributed by atoms with E-state index in [1.165, 1.54) is 0 Å². The van der Waals surface area contributed by atoms with Crippen LogP contribution in [0.15, 0.2) is 42.7 Å². The van der Waals surface area contributed by atoms with Crippen LogP contribution < -0.4 is 5.32 Å². The molecule has 1 unspecified atom stereocenters. The summed E-state index contributed by atoms with van der Waals surface area (Å²) in [5.41, 5.74) is 2.78. The molecule has 24 heavy (non-hydrogen) atoms. The zero-order chi connectivity index (χ0) is 16.7. The van der Waals surface area contributed by atoms with E-state index >= 15 is 0 Å². The molecule has 122 valence electrons. The number of para-hydroxylation sites is 1. The molecule has 1 N–H and O–H groups in total. The van der Waals surface area contributed by atoms with E-state index in [0.29, 0.717) is 18.7 Å². The molecule has 0 bridgehead atoms. The van der Waals surface area contributed by atoms with Gasteiger partial charge in [-0.3, -0.25) is 14.6 Å². The number of carbonyl (C=O) groups is 2. The van der Waals surface area contributed by atoms with Crippen LogP contribution in [-0.2, 0) is 10.2 Å². The predicted molar refractivity (Wildman–Crippen MR) is 90.9 cm³/mol. The second kappa shape index (κ2) is 5.44. The lowest BCUT2D eigenvalue weighted by Gasteiger charge is -2.39. The van der Waals surface area contributed by atoms with Crippen LogP contribution in [0.3, 0.4) is 0 Å². The van der Waals surface area contributed by atoms with E-state index in [4.69, 9.17) is 0 Å². The molecule has 1 saturated heterocycles. The summed E-state index contributed by atoms with van der Waals surface area (Å²) in [6.45, 7) is 3.00. The SMILES string of the molecule is Cc1ccncc1C(=O)N1CCCC2(C1)C(=O)Nc1ccccc12. The topological polar surface area (TPSA) is 62.3 Å². The maximum atomic E-state index is 12.9. The van der Waals surface area contributed by atoms with Crippen molar-refractivity contribution in [3.8, 4) is 0 Å². The number of nitrogens with zero attached hydrogens (tertiary/aromatic N) is 2. The maximum Gasteiger partial charge on any atom is 0.255 e. The van der Waals surface area contributed by atoms with E-state index in [-0.39, 0.29) is 11.8 Å². The molecule has 0 aliphatic carbocycles. The summed E-state index contributed by atoms with van der Waals surface area (Å²) in [4.78, 5) is 31.5. The molecule has 2 aliphatic heterocycles. The molecule has 1 aromatic heterocycles. The molecule has 5 heteroatoms. The first-order chi connectivity index (χ1) is 11.6. The van der Waals surface area contributed by atoms with Gasteiger partial charge in [-0.1, -0.05) is 18.2 Å². The molecule has 5 nitrogen and oxygen atoms in total.